The maximum absolute atomic E-state index is 13.4. The molecule has 1 atom stereocenters. The molecular weight excluding hydrogens is 344 g/mol. The van der Waals surface area contributed by atoms with Crippen molar-refractivity contribution in [2.45, 2.75) is 19.4 Å². The molecule has 0 aliphatic rings. The Morgan fingerprint density at radius 2 is 1.75 bits per heavy atom. The molecule has 0 saturated heterocycles. The van der Waals surface area contributed by atoms with Crippen molar-refractivity contribution in [3.05, 3.63) is 107 Å². The van der Waals surface area contributed by atoms with Crippen LogP contribution in [0.15, 0.2) is 85.1 Å². The minimum Gasteiger partial charge on any atom is -0.360 e. The van der Waals surface area contributed by atoms with Gasteiger partial charge in [0.05, 0.1) is 6.04 Å². The van der Waals surface area contributed by atoms with E-state index in [0.717, 1.165) is 35.0 Å². The standard InChI is InChI=1S/C25H24N2O/c1-18-8-7-9-19(16-18)14-15-26-24(20-10-3-2-4-11-20)25(28)22-17-27-23-13-6-5-12-21(22)23/h2-13,16-17,24,26-27H,14-15H2,1H3/t24-/m0/s1. The molecule has 1 aromatic heterocycles. The number of aryl methyl sites for hydroxylation is 1. The molecule has 4 aromatic rings. The highest BCUT2D eigenvalue weighted by Gasteiger charge is 2.23. The van der Waals surface area contributed by atoms with Crippen LogP contribution >= 0.6 is 0 Å². The predicted octanol–water partition coefficient (Wildman–Crippen LogP) is 5.23. The largest absolute Gasteiger partial charge is 0.360 e. The third-order valence-electron chi connectivity index (χ3n) is 5.09. The Labute approximate surface area is 165 Å². The molecule has 3 nitrogen and oxygen atoms in total. The van der Waals surface area contributed by atoms with Gasteiger partial charge >= 0.3 is 0 Å². The van der Waals surface area contributed by atoms with E-state index in [-0.39, 0.29) is 11.8 Å². The number of carbonyl (C=O) groups is 1. The van der Waals surface area contributed by atoms with E-state index in [1.54, 1.807) is 0 Å². The third kappa shape index (κ3) is 3.90. The summed E-state index contributed by atoms with van der Waals surface area (Å²) in [6.45, 7) is 2.83. The van der Waals surface area contributed by atoms with E-state index in [4.69, 9.17) is 0 Å². The van der Waals surface area contributed by atoms with Gasteiger partial charge in [0.2, 0.25) is 0 Å². The van der Waals surface area contributed by atoms with Gasteiger partial charge in [0.15, 0.2) is 5.78 Å². The second kappa shape index (κ2) is 8.24. The number of nitrogens with one attached hydrogen (secondary N) is 2. The molecule has 3 aromatic carbocycles. The van der Waals surface area contributed by atoms with Crippen molar-refractivity contribution < 1.29 is 4.79 Å². The van der Waals surface area contributed by atoms with Gasteiger partial charge in [-0.3, -0.25) is 4.79 Å². The highest BCUT2D eigenvalue weighted by Crippen LogP contribution is 2.24. The zero-order valence-corrected chi connectivity index (χ0v) is 16.0. The molecule has 0 saturated carbocycles. The maximum Gasteiger partial charge on any atom is 0.186 e. The number of ketones is 1. The van der Waals surface area contributed by atoms with Crippen LogP contribution in [0.5, 0.6) is 0 Å². The summed E-state index contributed by atoms with van der Waals surface area (Å²) >= 11 is 0. The van der Waals surface area contributed by atoms with Crippen molar-refractivity contribution in [3.8, 4) is 0 Å². The van der Waals surface area contributed by atoms with E-state index in [9.17, 15) is 4.79 Å². The Morgan fingerprint density at radius 1 is 0.964 bits per heavy atom. The van der Waals surface area contributed by atoms with Gasteiger partial charge in [-0.15, -0.1) is 0 Å². The van der Waals surface area contributed by atoms with Gasteiger partial charge in [-0.2, -0.15) is 0 Å². The first-order valence-electron chi connectivity index (χ1n) is 9.66. The number of H-pyrrole nitrogens is 1. The predicted molar refractivity (Wildman–Crippen MR) is 115 cm³/mol. The lowest BCUT2D eigenvalue weighted by atomic mass is 9.96. The Morgan fingerprint density at radius 3 is 2.57 bits per heavy atom. The van der Waals surface area contributed by atoms with Crippen LogP contribution in [0, 0.1) is 6.92 Å². The van der Waals surface area contributed by atoms with Crippen LogP contribution in [-0.2, 0) is 6.42 Å². The molecule has 3 heteroatoms. The monoisotopic (exact) mass is 368 g/mol. The Hall–Kier alpha value is -3.17. The van der Waals surface area contributed by atoms with Crippen molar-refractivity contribution in [2.75, 3.05) is 6.54 Å². The van der Waals surface area contributed by atoms with Gasteiger partial charge in [-0.25, -0.2) is 0 Å². The van der Waals surface area contributed by atoms with Crippen molar-refractivity contribution in [1.29, 1.82) is 0 Å². The molecule has 140 valence electrons. The van der Waals surface area contributed by atoms with Gasteiger partial charge in [0.1, 0.15) is 0 Å². The summed E-state index contributed by atoms with van der Waals surface area (Å²) in [6, 6.07) is 26.0. The first-order chi connectivity index (χ1) is 13.7. The summed E-state index contributed by atoms with van der Waals surface area (Å²) in [6.07, 6.45) is 2.71. The fraction of sp³-hybridized carbons (Fsp3) is 0.160. The van der Waals surface area contributed by atoms with E-state index >= 15 is 0 Å². The molecule has 0 radical (unpaired) electrons. The van der Waals surface area contributed by atoms with Gasteiger partial charge in [-0.1, -0.05) is 78.4 Å². The lowest BCUT2D eigenvalue weighted by molar-refractivity contribution is 0.0945. The third-order valence-corrected chi connectivity index (χ3v) is 5.09. The lowest BCUT2D eigenvalue weighted by Gasteiger charge is -2.18. The Balaban J connectivity index is 1.58. The van der Waals surface area contributed by atoms with Crippen molar-refractivity contribution in [2.24, 2.45) is 0 Å². The number of aromatic amines is 1. The summed E-state index contributed by atoms with van der Waals surface area (Å²) < 4.78 is 0. The molecular formula is C25H24N2O. The summed E-state index contributed by atoms with van der Waals surface area (Å²) in [5, 5.41) is 4.46. The van der Waals surface area contributed by atoms with Gasteiger partial charge in [0, 0.05) is 29.2 Å². The zero-order chi connectivity index (χ0) is 19.3. The minimum atomic E-state index is -0.370. The number of benzene rings is 3. The van der Waals surface area contributed by atoms with Crippen LogP contribution in [0.25, 0.3) is 10.9 Å². The number of para-hydroxylation sites is 1. The van der Waals surface area contributed by atoms with Crippen molar-refractivity contribution in [3.63, 3.8) is 0 Å². The second-order valence-electron chi connectivity index (χ2n) is 7.15. The number of Topliss-reactive ketones (excluding diaryl/α,β-unsaturated/α-hetero) is 1. The summed E-state index contributed by atoms with van der Waals surface area (Å²) in [5.74, 6) is 0.0906. The molecule has 0 spiro atoms. The second-order valence-corrected chi connectivity index (χ2v) is 7.15. The highest BCUT2D eigenvalue weighted by atomic mass is 16.1. The lowest BCUT2D eigenvalue weighted by Crippen LogP contribution is -2.30. The number of carbonyl (C=O) groups excluding carboxylic acids is 1. The first-order valence-corrected chi connectivity index (χ1v) is 9.66. The number of hydrogen-bond donors (Lipinski definition) is 2. The van der Waals surface area contributed by atoms with Crippen molar-refractivity contribution in [1.82, 2.24) is 10.3 Å². The first kappa shape index (κ1) is 18.2. The SMILES string of the molecule is Cc1cccc(CCN[C@H](C(=O)c2c[nH]c3ccccc23)c2ccccc2)c1. The van der Waals surface area contributed by atoms with E-state index in [1.807, 2.05) is 60.8 Å². The number of hydrogen-bond acceptors (Lipinski definition) is 2. The average Bonchev–Trinajstić information content (AvgIpc) is 3.16. The fourth-order valence-electron chi connectivity index (χ4n) is 3.67. The number of fused-ring (bicyclic) bond motifs is 1. The normalized spacial score (nSPS) is 12.2. The average molecular weight is 368 g/mol. The zero-order valence-electron chi connectivity index (χ0n) is 16.0. The fourth-order valence-corrected chi connectivity index (χ4v) is 3.67. The van der Waals surface area contributed by atoms with Crippen LogP contribution in [-0.4, -0.2) is 17.3 Å². The molecule has 0 aliphatic carbocycles. The molecule has 0 aliphatic heterocycles. The molecule has 1 heterocycles. The van der Waals surface area contributed by atoms with Gasteiger partial charge in [0.25, 0.3) is 0 Å². The maximum atomic E-state index is 13.4. The quantitative estimate of drug-likeness (QED) is 0.439. The van der Waals surface area contributed by atoms with Crippen LogP contribution in [0.1, 0.15) is 33.1 Å². The van der Waals surface area contributed by atoms with E-state index in [2.05, 4.69) is 41.5 Å². The molecule has 0 amide bonds. The number of aromatic nitrogens is 1. The van der Waals surface area contributed by atoms with E-state index < -0.39 is 0 Å². The summed E-state index contributed by atoms with van der Waals surface area (Å²) in [5.41, 5.74) is 5.23. The molecule has 0 unspecified atom stereocenters. The Kier molecular flexibility index (Phi) is 5.36. The van der Waals surface area contributed by atoms with Gasteiger partial charge < -0.3 is 10.3 Å². The Bertz CT molecular complexity index is 1080. The highest BCUT2D eigenvalue weighted by molar-refractivity contribution is 6.10. The van der Waals surface area contributed by atoms with Crippen LogP contribution in [0.2, 0.25) is 0 Å². The van der Waals surface area contributed by atoms with Gasteiger partial charge in [-0.05, 0) is 30.5 Å². The molecule has 0 bridgehead atoms. The summed E-state index contributed by atoms with van der Waals surface area (Å²) in [7, 11) is 0. The van der Waals surface area contributed by atoms with Crippen molar-refractivity contribution >= 4 is 16.7 Å². The molecule has 28 heavy (non-hydrogen) atoms. The van der Waals surface area contributed by atoms with Crippen LogP contribution in [0.4, 0.5) is 0 Å². The topological polar surface area (TPSA) is 44.9 Å². The molecule has 0 fully saturated rings. The van der Waals surface area contributed by atoms with Crippen LogP contribution < -0.4 is 5.32 Å². The number of rotatable bonds is 7. The minimum absolute atomic E-state index is 0.0906. The smallest absolute Gasteiger partial charge is 0.186 e. The molecule has 4 rings (SSSR count). The van der Waals surface area contributed by atoms with Crippen LogP contribution in [0.3, 0.4) is 0 Å². The summed E-state index contributed by atoms with van der Waals surface area (Å²) in [4.78, 5) is 16.6. The van der Waals surface area contributed by atoms with E-state index in [0.29, 0.717) is 0 Å². The molecule has 2 N–H and O–H groups in total. The van der Waals surface area contributed by atoms with E-state index in [1.165, 1.54) is 11.1 Å².